The van der Waals surface area contributed by atoms with Crippen molar-refractivity contribution < 1.29 is 9.90 Å². The maximum absolute atomic E-state index is 10.6. The Bertz CT molecular complexity index is 244. The molecule has 2 aliphatic rings. The second kappa shape index (κ2) is 8.90. The fourth-order valence-electron chi connectivity index (χ4n) is 2.31. The van der Waals surface area contributed by atoms with Gasteiger partial charge in [0, 0.05) is 52.4 Å². The molecule has 0 radical (unpaired) electrons. The average molecular weight is 301 g/mol. The van der Waals surface area contributed by atoms with Gasteiger partial charge in [-0.15, -0.1) is 24.8 Å². The summed E-state index contributed by atoms with van der Waals surface area (Å²) in [5.74, 6) is -0.726. The number of hydrazine groups is 1. The molecule has 6 nitrogen and oxygen atoms in total. The predicted molar refractivity (Wildman–Crippen MR) is 74.6 cm³/mol. The lowest BCUT2D eigenvalue weighted by Gasteiger charge is -2.42. The van der Waals surface area contributed by atoms with Crippen LogP contribution in [0.4, 0.5) is 0 Å². The minimum atomic E-state index is -0.726. The molecule has 2 rings (SSSR count). The molecule has 0 saturated carbocycles. The van der Waals surface area contributed by atoms with Gasteiger partial charge in [0.05, 0.1) is 6.54 Å². The van der Waals surface area contributed by atoms with E-state index in [-0.39, 0.29) is 31.4 Å². The van der Waals surface area contributed by atoms with Gasteiger partial charge < -0.3 is 10.4 Å². The molecule has 0 aromatic carbocycles. The third kappa shape index (κ3) is 5.26. The highest BCUT2D eigenvalue weighted by Gasteiger charge is 2.23. The summed E-state index contributed by atoms with van der Waals surface area (Å²) in [7, 11) is 0. The van der Waals surface area contributed by atoms with Crippen LogP contribution >= 0.6 is 24.8 Å². The zero-order valence-electron chi connectivity index (χ0n) is 10.4. The Hall–Kier alpha value is -0.110. The molecule has 2 saturated heterocycles. The number of hydrogen-bond donors (Lipinski definition) is 2. The highest BCUT2D eigenvalue weighted by Crippen LogP contribution is 2.06. The number of nitrogens with one attached hydrogen (secondary N) is 1. The molecular formula is C10H22Cl2N4O2. The zero-order chi connectivity index (χ0) is 11.4. The average Bonchev–Trinajstić information content (AvgIpc) is 2.30. The Morgan fingerprint density at radius 2 is 1.44 bits per heavy atom. The number of halogens is 2. The van der Waals surface area contributed by atoms with Gasteiger partial charge in [0.25, 0.3) is 0 Å². The van der Waals surface area contributed by atoms with E-state index in [4.69, 9.17) is 5.11 Å². The van der Waals surface area contributed by atoms with E-state index in [0.29, 0.717) is 0 Å². The molecule has 108 valence electrons. The molecule has 0 aliphatic carbocycles. The van der Waals surface area contributed by atoms with Crippen molar-refractivity contribution in [2.24, 2.45) is 0 Å². The van der Waals surface area contributed by atoms with Crippen LogP contribution in [-0.4, -0.2) is 84.9 Å². The highest BCUT2D eigenvalue weighted by molar-refractivity contribution is 5.85. The van der Waals surface area contributed by atoms with Crippen LogP contribution in [0.3, 0.4) is 0 Å². The molecule has 2 heterocycles. The zero-order valence-corrected chi connectivity index (χ0v) is 12.0. The largest absolute Gasteiger partial charge is 0.480 e. The van der Waals surface area contributed by atoms with E-state index in [9.17, 15) is 4.79 Å². The maximum Gasteiger partial charge on any atom is 0.317 e. The third-order valence-electron chi connectivity index (χ3n) is 3.20. The van der Waals surface area contributed by atoms with Crippen LogP contribution in [-0.2, 0) is 4.79 Å². The Labute approximate surface area is 120 Å². The van der Waals surface area contributed by atoms with Crippen LogP contribution in [0.1, 0.15) is 0 Å². The summed E-state index contributed by atoms with van der Waals surface area (Å²) in [5, 5.41) is 16.8. The summed E-state index contributed by atoms with van der Waals surface area (Å²) >= 11 is 0. The Kier molecular flexibility index (Phi) is 8.85. The van der Waals surface area contributed by atoms with Crippen molar-refractivity contribution >= 4 is 30.8 Å². The van der Waals surface area contributed by atoms with Gasteiger partial charge in [-0.1, -0.05) is 0 Å². The summed E-state index contributed by atoms with van der Waals surface area (Å²) in [6.07, 6.45) is 0. The van der Waals surface area contributed by atoms with Crippen LogP contribution < -0.4 is 5.32 Å². The number of rotatable bonds is 3. The highest BCUT2D eigenvalue weighted by atomic mass is 35.5. The lowest BCUT2D eigenvalue weighted by molar-refractivity contribution is -0.139. The van der Waals surface area contributed by atoms with Crippen LogP contribution in [0, 0.1) is 0 Å². The minimum absolute atomic E-state index is 0. The van der Waals surface area contributed by atoms with Crippen molar-refractivity contribution in [1.82, 2.24) is 20.2 Å². The quantitative estimate of drug-likeness (QED) is 0.723. The molecule has 0 spiro atoms. The fourth-order valence-corrected chi connectivity index (χ4v) is 2.31. The lowest BCUT2D eigenvalue weighted by atomic mass is 10.3. The first-order valence-electron chi connectivity index (χ1n) is 5.90. The Balaban J connectivity index is 0.00000144. The number of carboxylic acid groups (broad SMARTS) is 1. The summed E-state index contributed by atoms with van der Waals surface area (Å²) in [6.45, 7) is 8.03. The predicted octanol–water partition coefficient (Wildman–Crippen LogP) is -0.648. The topological polar surface area (TPSA) is 59.1 Å². The van der Waals surface area contributed by atoms with Crippen LogP contribution in [0.15, 0.2) is 0 Å². The number of nitrogens with zero attached hydrogens (tertiary/aromatic N) is 3. The van der Waals surface area contributed by atoms with Crippen molar-refractivity contribution in [3.63, 3.8) is 0 Å². The van der Waals surface area contributed by atoms with Gasteiger partial charge in [-0.3, -0.25) is 9.69 Å². The minimum Gasteiger partial charge on any atom is -0.480 e. The van der Waals surface area contributed by atoms with Gasteiger partial charge in [0.1, 0.15) is 0 Å². The molecule has 2 aliphatic heterocycles. The summed E-state index contributed by atoms with van der Waals surface area (Å²) in [5.41, 5.74) is 0. The van der Waals surface area contributed by atoms with E-state index < -0.39 is 5.97 Å². The van der Waals surface area contributed by atoms with Gasteiger partial charge in [-0.2, -0.15) is 0 Å². The van der Waals surface area contributed by atoms with Crippen LogP contribution in [0.5, 0.6) is 0 Å². The number of carbonyl (C=O) groups is 1. The smallest absolute Gasteiger partial charge is 0.317 e. The molecule has 8 heteroatoms. The van der Waals surface area contributed by atoms with E-state index in [0.717, 1.165) is 52.4 Å². The third-order valence-corrected chi connectivity index (χ3v) is 3.20. The molecule has 0 aromatic heterocycles. The number of carboxylic acids is 1. The van der Waals surface area contributed by atoms with Crippen LogP contribution in [0.25, 0.3) is 0 Å². The molecule has 2 fully saturated rings. The van der Waals surface area contributed by atoms with Crippen LogP contribution in [0.2, 0.25) is 0 Å². The molecule has 0 aromatic rings. The molecule has 0 atom stereocenters. The first-order valence-corrected chi connectivity index (χ1v) is 5.90. The van der Waals surface area contributed by atoms with Gasteiger partial charge in [-0.05, 0) is 0 Å². The van der Waals surface area contributed by atoms with Gasteiger partial charge in [0.15, 0.2) is 0 Å². The Morgan fingerprint density at radius 1 is 0.944 bits per heavy atom. The van der Waals surface area contributed by atoms with Crippen molar-refractivity contribution in [2.45, 2.75) is 0 Å². The summed E-state index contributed by atoms with van der Waals surface area (Å²) in [6, 6.07) is 0. The lowest BCUT2D eigenvalue weighted by Crippen LogP contribution is -2.58. The van der Waals surface area contributed by atoms with E-state index in [1.807, 2.05) is 4.90 Å². The fraction of sp³-hybridized carbons (Fsp3) is 0.900. The van der Waals surface area contributed by atoms with Gasteiger partial charge in [-0.25, -0.2) is 10.0 Å². The second-order valence-electron chi connectivity index (χ2n) is 4.33. The summed E-state index contributed by atoms with van der Waals surface area (Å²) < 4.78 is 0. The second-order valence-corrected chi connectivity index (χ2v) is 4.33. The van der Waals surface area contributed by atoms with Gasteiger partial charge >= 0.3 is 5.97 Å². The van der Waals surface area contributed by atoms with E-state index in [1.165, 1.54) is 0 Å². The molecule has 18 heavy (non-hydrogen) atoms. The molecular weight excluding hydrogens is 279 g/mol. The molecule has 0 unspecified atom stereocenters. The van der Waals surface area contributed by atoms with Crippen molar-refractivity contribution in [2.75, 3.05) is 58.9 Å². The SMILES string of the molecule is Cl.Cl.O=C(O)CN1CCN(N2CCNCC2)CC1. The van der Waals surface area contributed by atoms with Crippen molar-refractivity contribution in [3.8, 4) is 0 Å². The maximum atomic E-state index is 10.6. The number of aliphatic carboxylic acids is 1. The van der Waals surface area contributed by atoms with E-state index in [1.54, 1.807) is 0 Å². The standard InChI is InChI=1S/C10H20N4O2.2ClH/c15-10(16)9-12-5-7-14(8-6-12)13-3-1-11-2-4-13;;/h11H,1-9H2,(H,15,16);2*1H. The number of piperazine rings is 2. The van der Waals surface area contributed by atoms with Crippen molar-refractivity contribution in [3.05, 3.63) is 0 Å². The molecule has 0 amide bonds. The van der Waals surface area contributed by atoms with Crippen molar-refractivity contribution in [1.29, 1.82) is 0 Å². The first-order chi connectivity index (χ1) is 7.75. The normalized spacial score (nSPS) is 22.9. The van der Waals surface area contributed by atoms with Gasteiger partial charge in [0.2, 0.25) is 0 Å². The number of hydrogen-bond acceptors (Lipinski definition) is 5. The van der Waals surface area contributed by atoms with E-state index in [2.05, 4.69) is 15.3 Å². The molecule has 0 bridgehead atoms. The summed E-state index contributed by atoms with van der Waals surface area (Å²) in [4.78, 5) is 12.6. The monoisotopic (exact) mass is 300 g/mol. The molecule has 2 N–H and O–H groups in total. The van der Waals surface area contributed by atoms with E-state index >= 15 is 0 Å². The Morgan fingerprint density at radius 3 is 1.94 bits per heavy atom. The first kappa shape index (κ1) is 17.9.